The number of aromatic nitrogens is 3. The first-order valence-electron chi connectivity index (χ1n) is 13.6. The standard InChI is InChI=1S/C32H31F2N5O5/c1-19-14-20(33)6-8-25(19)39-18-30(43-13-12-38(2)3)31(37-39)32(40)36-21-7-9-27(23(34)15-21)44-26-10-11-35-24-17-29(42-5)28(41-4)16-22(24)26/h6-11,14-18H,12-13H2,1-5H3,(H,36,40). The lowest BCUT2D eigenvalue weighted by molar-refractivity contribution is 0.101. The Bertz CT molecular complexity index is 1830. The van der Waals surface area contributed by atoms with Crippen LogP contribution in [0, 0.1) is 18.6 Å². The molecule has 0 aliphatic heterocycles. The third kappa shape index (κ3) is 6.55. The molecule has 228 valence electrons. The van der Waals surface area contributed by atoms with E-state index in [-0.39, 0.29) is 28.7 Å². The van der Waals surface area contributed by atoms with Gasteiger partial charge in [0.1, 0.15) is 18.2 Å². The predicted molar refractivity (Wildman–Crippen MR) is 162 cm³/mol. The molecule has 0 saturated carbocycles. The van der Waals surface area contributed by atoms with E-state index in [1.54, 1.807) is 43.6 Å². The number of likely N-dealkylation sites (N-methyl/N-ethyl adjacent to an activating group) is 1. The molecule has 2 aromatic heterocycles. The van der Waals surface area contributed by atoms with Crippen molar-refractivity contribution < 1.29 is 32.5 Å². The minimum atomic E-state index is -0.705. The number of fused-ring (bicyclic) bond motifs is 1. The van der Waals surface area contributed by atoms with E-state index in [1.807, 2.05) is 19.0 Å². The third-order valence-corrected chi connectivity index (χ3v) is 6.71. The molecule has 3 aromatic carbocycles. The Labute approximate surface area is 252 Å². The molecular weight excluding hydrogens is 572 g/mol. The van der Waals surface area contributed by atoms with E-state index < -0.39 is 11.7 Å². The van der Waals surface area contributed by atoms with Crippen LogP contribution in [0.15, 0.2) is 67.0 Å². The van der Waals surface area contributed by atoms with Crippen LogP contribution in [0.5, 0.6) is 28.7 Å². The number of nitrogens with one attached hydrogen (secondary N) is 1. The van der Waals surface area contributed by atoms with Crippen LogP contribution < -0.4 is 24.3 Å². The zero-order valence-electron chi connectivity index (χ0n) is 24.9. The summed E-state index contributed by atoms with van der Waals surface area (Å²) in [6, 6.07) is 13.3. The molecule has 10 nitrogen and oxygen atoms in total. The van der Waals surface area contributed by atoms with Crippen molar-refractivity contribution in [2.75, 3.05) is 46.8 Å². The van der Waals surface area contributed by atoms with Crippen molar-refractivity contribution in [3.05, 3.63) is 89.9 Å². The summed E-state index contributed by atoms with van der Waals surface area (Å²) >= 11 is 0. The number of anilines is 1. The van der Waals surface area contributed by atoms with Crippen molar-refractivity contribution in [3.8, 4) is 34.4 Å². The fraction of sp³-hybridized carbons (Fsp3) is 0.219. The maximum Gasteiger partial charge on any atom is 0.280 e. The van der Waals surface area contributed by atoms with Gasteiger partial charge in [0.15, 0.2) is 34.5 Å². The fourth-order valence-electron chi connectivity index (χ4n) is 4.47. The van der Waals surface area contributed by atoms with Crippen LogP contribution in [-0.2, 0) is 0 Å². The van der Waals surface area contributed by atoms with Gasteiger partial charge in [-0.1, -0.05) is 0 Å². The quantitative estimate of drug-likeness (QED) is 0.196. The highest BCUT2D eigenvalue weighted by Crippen LogP contribution is 2.37. The summed E-state index contributed by atoms with van der Waals surface area (Å²) in [6.45, 7) is 2.63. The normalized spacial score (nSPS) is 11.1. The summed E-state index contributed by atoms with van der Waals surface area (Å²) in [5.74, 6) is -0.212. The Morgan fingerprint density at radius 3 is 2.41 bits per heavy atom. The van der Waals surface area contributed by atoms with E-state index in [0.717, 1.165) is 6.07 Å². The molecule has 0 aliphatic carbocycles. The van der Waals surface area contributed by atoms with Crippen LogP contribution in [0.2, 0.25) is 0 Å². The van der Waals surface area contributed by atoms with Crippen molar-refractivity contribution in [2.24, 2.45) is 0 Å². The molecule has 1 amide bonds. The van der Waals surface area contributed by atoms with Crippen molar-refractivity contribution in [1.29, 1.82) is 0 Å². The Hall–Kier alpha value is -5.23. The summed E-state index contributed by atoms with van der Waals surface area (Å²) in [4.78, 5) is 19.6. The zero-order chi connectivity index (χ0) is 31.4. The first kappa shape index (κ1) is 30.2. The van der Waals surface area contributed by atoms with Crippen LogP contribution >= 0.6 is 0 Å². The van der Waals surface area contributed by atoms with E-state index in [9.17, 15) is 9.18 Å². The number of aryl methyl sites for hydroxylation is 1. The number of amides is 1. The topological polar surface area (TPSA) is 100.0 Å². The Balaban J connectivity index is 1.39. The van der Waals surface area contributed by atoms with Crippen molar-refractivity contribution in [2.45, 2.75) is 6.92 Å². The minimum absolute atomic E-state index is 0.0131. The molecule has 0 spiro atoms. The number of hydrogen-bond acceptors (Lipinski definition) is 8. The molecule has 1 N–H and O–H groups in total. The molecule has 2 heterocycles. The highest BCUT2D eigenvalue weighted by atomic mass is 19.1. The van der Waals surface area contributed by atoms with Crippen LogP contribution in [0.25, 0.3) is 16.6 Å². The summed E-state index contributed by atoms with van der Waals surface area (Å²) < 4.78 is 52.9. The summed E-state index contributed by atoms with van der Waals surface area (Å²) in [7, 11) is 6.84. The number of pyridine rings is 1. The Morgan fingerprint density at radius 1 is 0.932 bits per heavy atom. The van der Waals surface area contributed by atoms with Gasteiger partial charge in [-0.3, -0.25) is 9.78 Å². The molecule has 0 aliphatic rings. The van der Waals surface area contributed by atoms with Gasteiger partial charge >= 0.3 is 0 Å². The van der Waals surface area contributed by atoms with Gasteiger partial charge in [0, 0.05) is 35.9 Å². The lowest BCUT2D eigenvalue weighted by atomic mass is 10.2. The van der Waals surface area contributed by atoms with Gasteiger partial charge in [0.05, 0.1) is 31.6 Å². The highest BCUT2D eigenvalue weighted by molar-refractivity contribution is 6.04. The first-order chi connectivity index (χ1) is 21.2. The largest absolute Gasteiger partial charge is 0.493 e. The molecule has 5 aromatic rings. The summed E-state index contributed by atoms with van der Waals surface area (Å²) in [6.07, 6.45) is 3.10. The number of nitrogens with zero attached hydrogens (tertiary/aromatic N) is 4. The second-order valence-corrected chi connectivity index (χ2v) is 10.1. The zero-order valence-corrected chi connectivity index (χ0v) is 24.9. The van der Waals surface area contributed by atoms with Gasteiger partial charge in [0.25, 0.3) is 5.91 Å². The maximum absolute atomic E-state index is 15.3. The number of halogens is 2. The molecular formula is C32H31F2N5O5. The second-order valence-electron chi connectivity index (χ2n) is 10.1. The van der Waals surface area contributed by atoms with Crippen LogP contribution in [0.1, 0.15) is 16.1 Å². The average Bonchev–Trinajstić information content (AvgIpc) is 3.41. The number of carbonyl (C=O) groups excluding carboxylic acids is 1. The Morgan fingerprint density at radius 2 is 1.70 bits per heavy atom. The Kier molecular flexibility index (Phi) is 8.91. The number of carbonyl (C=O) groups is 1. The van der Waals surface area contributed by atoms with Gasteiger partial charge in [0.2, 0.25) is 0 Å². The molecule has 0 bridgehead atoms. The van der Waals surface area contributed by atoms with Gasteiger partial charge in [-0.25, -0.2) is 13.5 Å². The minimum Gasteiger partial charge on any atom is -0.493 e. The fourth-order valence-corrected chi connectivity index (χ4v) is 4.47. The number of ether oxygens (including phenoxy) is 4. The van der Waals surface area contributed by atoms with Gasteiger partial charge < -0.3 is 29.2 Å². The lowest BCUT2D eigenvalue weighted by Crippen LogP contribution is -2.20. The third-order valence-electron chi connectivity index (χ3n) is 6.71. The smallest absolute Gasteiger partial charge is 0.280 e. The van der Waals surface area contributed by atoms with Crippen molar-refractivity contribution in [3.63, 3.8) is 0 Å². The van der Waals surface area contributed by atoms with E-state index in [2.05, 4.69) is 15.4 Å². The van der Waals surface area contributed by atoms with Crippen molar-refractivity contribution in [1.82, 2.24) is 19.7 Å². The number of methoxy groups -OCH3 is 2. The second kappa shape index (κ2) is 13.0. The van der Waals surface area contributed by atoms with Gasteiger partial charge in [-0.05, 0) is 69.0 Å². The lowest BCUT2D eigenvalue weighted by Gasteiger charge is -2.13. The number of benzene rings is 3. The van der Waals surface area contributed by atoms with Gasteiger partial charge in [-0.15, -0.1) is 0 Å². The van der Waals surface area contributed by atoms with E-state index in [1.165, 1.54) is 43.2 Å². The molecule has 12 heteroatoms. The van der Waals surface area contributed by atoms with Crippen LogP contribution in [0.4, 0.5) is 14.5 Å². The van der Waals surface area contributed by atoms with Crippen LogP contribution in [0.3, 0.4) is 0 Å². The van der Waals surface area contributed by atoms with E-state index >= 15 is 4.39 Å². The molecule has 0 unspecified atom stereocenters. The van der Waals surface area contributed by atoms with Crippen LogP contribution in [-0.4, -0.2) is 67.0 Å². The number of hydrogen-bond donors (Lipinski definition) is 1. The summed E-state index contributed by atoms with van der Waals surface area (Å²) in [5, 5.41) is 7.68. The monoisotopic (exact) mass is 603 g/mol. The summed E-state index contributed by atoms with van der Waals surface area (Å²) in [5.41, 5.74) is 1.94. The van der Waals surface area contributed by atoms with Crippen molar-refractivity contribution >= 4 is 22.5 Å². The van der Waals surface area contributed by atoms with Gasteiger partial charge in [-0.2, -0.15) is 5.10 Å². The highest BCUT2D eigenvalue weighted by Gasteiger charge is 2.21. The SMILES string of the molecule is COc1cc2nccc(Oc3ccc(NC(=O)c4nn(-c5ccc(F)cc5C)cc4OCCN(C)C)cc3F)c2cc1OC. The molecule has 0 radical (unpaired) electrons. The molecule has 0 atom stereocenters. The predicted octanol–water partition coefficient (Wildman–Crippen LogP) is 6.01. The maximum atomic E-state index is 15.3. The molecule has 0 saturated heterocycles. The average molecular weight is 604 g/mol. The van der Waals surface area contributed by atoms with E-state index in [0.29, 0.717) is 52.6 Å². The first-order valence-corrected chi connectivity index (χ1v) is 13.6. The molecule has 44 heavy (non-hydrogen) atoms. The van der Waals surface area contributed by atoms with E-state index in [4.69, 9.17) is 18.9 Å². The molecule has 5 rings (SSSR count). The molecule has 0 fully saturated rings. The number of rotatable bonds is 11.